The molecule has 102 heavy (non-hydrogen) atoms. The van der Waals surface area contributed by atoms with Gasteiger partial charge in [0, 0.05) is 99.6 Å². The van der Waals surface area contributed by atoms with E-state index < -0.39 is 7.12 Å². The van der Waals surface area contributed by atoms with E-state index in [9.17, 15) is 0 Å². The first kappa shape index (κ1) is 65.0. The maximum Gasteiger partial charge on any atom is 0.495 e. The first-order valence-corrected chi connectivity index (χ1v) is 34.2. The Hall–Kier alpha value is -11.6. The molecule has 0 unspecified atom stereocenters. The van der Waals surface area contributed by atoms with E-state index >= 15 is 0 Å². The van der Waals surface area contributed by atoms with Crippen LogP contribution in [0.25, 0.3) is 165 Å². The van der Waals surface area contributed by atoms with Crippen LogP contribution in [-0.4, -0.2) is 71.4 Å². The minimum absolute atomic E-state index is 0. The lowest BCUT2D eigenvalue weighted by molar-refractivity contribution is 0.00578. The Bertz CT molecular complexity index is 6190. The van der Waals surface area contributed by atoms with Gasteiger partial charge >= 0.3 is 7.12 Å². The van der Waals surface area contributed by atoms with Gasteiger partial charge in [-0.1, -0.05) is 189 Å². The minimum atomic E-state index is -0.422. The number of fused-ring (bicyclic) bond motifs is 14. The molecule has 0 aliphatic carbocycles. The number of benzene rings is 12. The molecule has 13 nitrogen and oxygen atoms in total. The predicted molar refractivity (Wildman–Crippen MR) is 418 cm³/mol. The molecule has 20 rings (SSSR count). The normalized spacial score (nSPS) is 13.9. The van der Waals surface area contributed by atoms with Crippen molar-refractivity contribution in [2.45, 2.75) is 59.2 Å². The highest BCUT2D eigenvalue weighted by Crippen LogP contribution is 2.42. The van der Waals surface area contributed by atoms with Gasteiger partial charge in [0.15, 0.2) is 29.1 Å². The molecule has 498 valence electrons. The van der Waals surface area contributed by atoms with Crippen LogP contribution in [0.2, 0.25) is 5.28 Å². The molecule has 0 bridgehead atoms. The number of nitrogens with zero attached hydrogens (tertiary/aromatic N) is 8. The molecule has 2 saturated heterocycles. The third-order valence-corrected chi connectivity index (χ3v) is 19.6. The van der Waals surface area contributed by atoms with E-state index in [1.807, 2.05) is 128 Å². The summed E-state index contributed by atoms with van der Waals surface area (Å²) in [7, 11) is -0.422. The van der Waals surface area contributed by atoms with Crippen molar-refractivity contribution in [1.29, 1.82) is 0 Å². The Morgan fingerprint density at radius 3 is 1.29 bits per heavy atom. The summed E-state index contributed by atoms with van der Waals surface area (Å²) in [5.74, 6) is 3.00. The van der Waals surface area contributed by atoms with E-state index in [1.54, 1.807) is 12.4 Å². The fraction of sp³-hybridized carbons (Fsp3) is 0.126. The van der Waals surface area contributed by atoms with Crippen molar-refractivity contribution in [3.63, 3.8) is 0 Å². The number of hydrogen-bond acceptors (Lipinski definition) is 13. The molecule has 0 atom stereocenters. The molecule has 0 spiro atoms. The molecule has 0 N–H and O–H groups in total. The molecule has 8 heterocycles. The number of rotatable bonds is 6. The Morgan fingerprint density at radius 1 is 0.353 bits per heavy atom. The highest BCUT2D eigenvalue weighted by atomic mass is 35.5. The van der Waals surface area contributed by atoms with Gasteiger partial charge in [0.1, 0.15) is 22.3 Å². The van der Waals surface area contributed by atoms with Gasteiger partial charge in [-0.25, -0.2) is 19.9 Å². The van der Waals surface area contributed by atoms with Crippen molar-refractivity contribution >= 4 is 133 Å². The predicted octanol–water partition coefficient (Wildman–Crippen LogP) is 21.9. The van der Waals surface area contributed by atoms with Crippen LogP contribution < -0.4 is 5.46 Å². The third-order valence-electron chi connectivity index (χ3n) is 19.4. The molecule has 0 radical (unpaired) electrons. The van der Waals surface area contributed by atoms with E-state index in [-0.39, 0.29) is 25.3 Å². The molecule has 2 aliphatic heterocycles. The van der Waals surface area contributed by atoms with E-state index in [2.05, 4.69) is 175 Å². The number of ether oxygens (including phenoxy) is 1. The van der Waals surface area contributed by atoms with Crippen molar-refractivity contribution in [2.24, 2.45) is 0 Å². The molecule has 18 aromatic rings. The van der Waals surface area contributed by atoms with Crippen LogP contribution in [0, 0.1) is 0 Å². The van der Waals surface area contributed by atoms with Gasteiger partial charge in [0.2, 0.25) is 5.28 Å². The fourth-order valence-electron chi connectivity index (χ4n) is 13.7. The number of halogens is 1. The second-order valence-corrected chi connectivity index (χ2v) is 26.7. The van der Waals surface area contributed by atoms with Crippen LogP contribution in [-0.2, 0) is 14.0 Å². The highest BCUT2D eigenvalue weighted by Gasteiger charge is 2.52. The highest BCUT2D eigenvalue weighted by molar-refractivity contribution is 6.66. The van der Waals surface area contributed by atoms with E-state index in [0.29, 0.717) is 29.1 Å². The lowest BCUT2D eigenvalue weighted by Crippen LogP contribution is -2.41. The number of aromatic nitrogens is 8. The number of pyridine rings is 2. The molecule has 15 heteroatoms. The summed E-state index contributed by atoms with van der Waals surface area (Å²) in [4.78, 5) is 37.4. The number of hydrogen-bond donors (Lipinski definition) is 0. The average Bonchev–Trinajstić information content (AvgIpc) is 1.67. The molecule has 0 amide bonds. The Morgan fingerprint density at radius 2 is 0.775 bits per heavy atom. The lowest BCUT2D eigenvalue weighted by atomic mass is 9.76. The first-order chi connectivity index (χ1) is 49.4. The van der Waals surface area contributed by atoms with Gasteiger partial charge in [-0.15, -0.1) is 0 Å². The molecule has 0 saturated carbocycles. The summed E-state index contributed by atoms with van der Waals surface area (Å²) < 4.78 is 30.0. The van der Waals surface area contributed by atoms with Crippen LogP contribution in [0.3, 0.4) is 0 Å². The third kappa shape index (κ3) is 12.3. The van der Waals surface area contributed by atoms with Gasteiger partial charge in [-0.3, -0.25) is 9.97 Å². The zero-order valence-electron chi connectivity index (χ0n) is 55.8. The zero-order chi connectivity index (χ0) is 68.2. The topological polar surface area (TPSA) is 157 Å². The summed E-state index contributed by atoms with van der Waals surface area (Å²) in [5, 5.41) is 17.8. The summed E-state index contributed by atoms with van der Waals surface area (Å²) in [6.45, 7) is 10.3. The summed E-state index contributed by atoms with van der Waals surface area (Å²) in [5.41, 5.74) is 8.21. The van der Waals surface area contributed by atoms with Crippen LogP contribution in [0.4, 0.5) is 0 Å². The standard InChI is InChI=1S/C38H22N4O.C23H14ClN3.C21H20BNO3.C4H8O.CH4.H2/c1-2-9-23(10-3-1)36-40-37(30-15-8-16-33-35(30)32-20-26-22-39-18-17-24(26)21-34(32)43-33)42-38(41-36)31-19-25-11-4-5-12-27(25)28-13-6-7-14-29(28)31;24-23-26-21(15-8-2-1-3-9-15)25-22(27-23)20-14-16-10-4-5-11-17(16)18-12-6-7-13-19(18)20;1-20(2)21(3,4)26-22(25-20)16-6-5-7-17-19(16)15-10-14-12-23-9-8-13(14)11-18(15)24-17;1-2-4-5-3-1;;/h1-22H;1-14H;5-12H,1-4H3;1-4H2;1H4;1H. The van der Waals surface area contributed by atoms with Gasteiger partial charge in [-0.2, -0.15) is 9.97 Å². The summed E-state index contributed by atoms with van der Waals surface area (Å²) >= 11 is 6.26. The monoisotopic (exact) mass is 1350 g/mol. The molecule has 6 aromatic heterocycles. The number of furan rings is 2. The SMILES string of the molecule is C.C1CCOC1.CC1(C)OB(c2cccc3oc4cc5ccncc5cc4c23)OC1(C)C.Clc1nc(-c2ccccc2)nc(-c2cc3ccccc3c3ccccc23)n1.[HH].c1ccc(-c2nc(-c3cc4ccccc4c4ccccc34)nc(-c3cccc4oc5cc6ccncc6cc5c34)n2)cc1. The maximum absolute atomic E-state index is 6.37. The molecular weight excluding hydrogens is 1280 g/mol. The summed E-state index contributed by atoms with van der Waals surface area (Å²) in [6, 6.07) is 82.3. The van der Waals surface area contributed by atoms with Gasteiger partial charge < -0.3 is 22.9 Å². The van der Waals surface area contributed by atoms with Crippen LogP contribution in [0.15, 0.2) is 276 Å². The first-order valence-electron chi connectivity index (χ1n) is 33.9. The van der Waals surface area contributed by atoms with Crippen LogP contribution in [0.1, 0.15) is 49.4 Å². The van der Waals surface area contributed by atoms with Crippen LogP contribution >= 0.6 is 11.6 Å². The second kappa shape index (κ2) is 27.1. The quantitative estimate of drug-likeness (QED) is 0.115. The molecule has 2 aliphatic rings. The van der Waals surface area contributed by atoms with Crippen molar-refractivity contribution in [2.75, 3.05) is 13.2 Å². The van der Waals surface area contributed by atoms with Crippen molar-refractivity contribution in [3.05, 3.63) is 273 Å². The van der Waals surface area contributed by atoms with Crippen molar-refractivity contribution in [3.8, 4) is 56.9 Å². The Balaban J connectivity index is 0.000000124. The molecule has 2 fully saturated rings. The van der Waals surface area contributed by atoms with Gasteiger partial charge in [0.05, 0.1) is 11.2 Å². The molecule has 12 aromatic carbocycles. The van der Waals surface area contributed by atoms with E-state index in [1.165, 1.54) is 34.4 Å². The second-order valence-electron chi connectivity index (χ2n) is 26.3. The van der Waals surface area contributed by atoms with Gasteiger partial charge in [0.25, 0.3) is 0 Å². The Labute approximate surface area is 595 Å². The molecular formula is C87H70BClN8O5. The largest absolute Gasteiger partial charge is 0.495 e. The fourth-order valence-corrected chi connectivity index (χ4v) is 13.9. The average molecular weight is 1350 g/mol. The Kier molecular flexibility index (Phi) is 17.3. The van der Waals surface area contributed by atoms with E-state index in [0.717, 1.165) is 133 Å². The van der Waals surface area contributed by atoms with Crippen molar-refractivity contribution in [1.82, 2.24) is 39.9 Å². The van der Waals surface area contributed by atoms with Crippen LogP contribution in [0.5, 0.6) is 0 Å². The van der Waals surface area contributed by atoms with Gasteiger partial charge in [-0.05, 0) is 172 Å². The maximum atomic E-state index is 6.37. The van der Waals surface area contributed by atoms with E-state index in [4.69, 9.17) is 54.4 Å². The van der Waals surface area contributed by atoms with Crippen molar-refractivity contribution < 1.29 is 24.3 Å². The lowest BCUT2D eigenvalue weighted by Gasteiger charge is -2.32. The zero-order valence-corrected chi connectivity index (χ0v) is 56.6. The summed E-state index contributed by atoms with van der Waals surface area (Å²) in [6.07, 6.45) is 9.92. The minimum Gasteiger partial charge on any atom is -0.456 e. The smallest absolute Gasteiger partial charge is 0.456 e.